The third-order valence-corrected chi connectivity index (χ3v) is 4.30. The van der Waals surface area contributed by atoms with Crippen LogP contribution in [0.2, 0.25) is 0 Å². The molecule has 1 aliphatic heterocycles. The van der Waals surface area contributed by atoms with E-state index in [1.54, 1.807) is 0 Å². The summed E-state index contributed by atoms with van der Waals surface area (Å²) in [5.74, 6) is 3.43. The Hall–Kier alpha value is -0.900. The topological polar surface area (TPSA) is 42.2 Å². The van der Waals surface area contributed by atoms with E-state index in [9.17, 15) is 0 Å². The summed E-state index contributed by atoms with van der Waals surface area (Å²) in [4.78, 5) is 6.77. The highest BCUT2D eigenvalue weighted by Gasteiger charge is 2.31. The molecule has 0 aromatic carbocycles. The Morgan fingerprint density at radius 3 is 2.82 bits per heavy atom. The maximum absolute atomic E-state index is 5.20. The van der Waals surface area contributed by atoms with E-state index in [0.717, 1.165) is 30.1 Å². The van der Waals surface area contributed by atoms with Crippen LogP contribution in [0.3, 0.4) is 0 Å². The van der Waals surface area contributed by atoms with Crippen molar-refractivity contribution in [3.63, 3.8) is 0 Å². The third kappa shape index (κ3) is 2.51. The van der Waals surface area contributed by atoms with Crippen LogP contribution in [0.4, 0.5) is 0 Å². The van der Waals surface area contributed by atoms with Gasteiger partial charge in [-0.15, -0.1) is 0 Å². The van der Waals surface area contributed by atoms with E-state index in [2.05, 4.69) is 15.0 Å². The summed E-state index contributed by atoms with van der Waals surface area (Å²) in [6.07, 6.45) is 7.11. The first-order chi connectivity index (χ1) is 8.31. The molecule has 1 aromatic heterocycles. The van der Waals surface area contributed by atoms with Crippen LogP contribution in [0.5, 0.6) is 0 Å². The first-order valence-electron chi connectivity index (χ1n) is 6.83. The molecule has 94 valence electrons. The van der Waals surface area contributed by atoms with Crippen molar-refractivity contribution in [3.8, 4) is 0 Å². The molecule has 1 aliphatic carbocycles. The van der Waals surface area contributed by atoms with Crippen LogP contribution in [0.15, 0.2) is 4.52 Å². The summed E-state index contributed by atoms with van der Waals surface area (Å²) < 4.78 is 5.20. The lowest BCUT2D eigenvalue weighted by molar-refractivity contribution is 0.0747. The van der Waals surface area contributed by atoms with E-state index >= 15 is 0 Å². The van der Waals surface area contributed by atoms with Gasteiger partial charge in [-0.25, -0.2) is 0 Å². The van der Waals surface area contributed by atoms with Gasteiger partial charge in [-0.2, -0.15) is 4.98 Å². The number of nitrogens with zero attached hydrogens (tertiary/aromatic N) is 3. The predicted molar refractivity (Wildman–Crippen MR) is 64.4 cm³/mol. The number of hydrogen-bond acceptors (Lipinski definition) is 4. The second-order valence-corrected chi connectivity index (χ2v) is 5.56. The number of fused-ring (bicyclic) bond motifs is 1. The van der Waals surface area contributed by atoms with E-state index in [1.165, 1.54) is 45.2 Å². The Morgan fingerprint density at radius 2 is 2.06 bits per heavy atom. The molecule has 1 saturated carbocycles. The summed E-state index contributed by atoms with van der Waals surface area (Å²) in [5.41, 5.74) is 0. The van der Waals surface area contributed by atoms with E-state index in [1.807, 2.05) is 6.92 Å². The van der Waals surface area contributed by atoms with Gasteiger partial charge in [-0.05, 0) is 38.1 Å². The van der Waals surface area contributed by atoms with Gasteiger partial charge in [-0.1, -0.05) is 24.4 Å². The first kappa shape index (κ1) is 11.2. The lowest BCUT2D eigenvalue weighted by Gasteiger charge is -2.40. The largest absolute Gasteiger partial charge is 0.338 e. The molecule has 2 atom stereocenters. The minimum Gasteiger partial charge on any atom is -0.338 e. The summed E-state index contributed by atoms with van der Waals surface area (Å²) in [6, 6.07) is 0. The molecule has 1 aromatic rings. The number of piperidine rings is 1. The van der Waals surface area contributed by atoms with Crippen molar-refractivity contribution >= 4 is 0 Å². The van der Waals surface area contributed by atoms with Gasteiger partial charge >= 0.3 is 0 Å². The van der Waals surface area contributed by atoms with Gasteiger partial charge in [0.1, 0.15) is 0 Å². The maximum Gasteiger partial charge on any atom is 0.240 e. The van der Waals surface area contributed by atoms with Gasteiger partial charge in [0.15, 0.2) is 5.82 Å². The Balaban J connectivity index is 1.58. The SMILES string of the molecule is Cc1noc(CN2CC[C@@H]3CCCC[C@@H]3C2)n1. The highest BCUT2D eigenvalue weighted by molar-refractivity contribution is 4.87. The minimum absolute atomic E-state index is 0.743. The van der Waals surface area contributed by atoms with Crippen LogP contribution in [-0.2, 0) is 6.54 Å². The molecule has 4 nitrogen and oxygen atoms in total. The molecule has 1 saturated heterocycles. The molecule has 0 radical (unpaired) electrons. The zero-order valence-corrected chi connectivity index (χ0v) is 10.6. The zero-order chi connectivity index (χ0) is 11.7. The van der Waals surface area contributed by atoms with Crippen LogP contribution in [0, 0.1) is 18.8 Å². The summed E-state index contributed by atoms with van der Waals surface area (Å²) in [7, 11) is 0. The number of likely N-dealkylation sites (tertiary alicyclic amines) is 1. The standard InChI is InChI=1S/C13H21N3O/c1-10-14-13(17-15-10)9-16-7-6-11-4-2-3-5-12(11)8-16/h11-12H,2-9H2,1H3/t11-,12+/m0/s1. The molecule has 4 heteroatoms. The number of hydrogen-bond donors (Lipinski definition) is 0. The fraction of sp³-hybridized carbons (Fsp3) is 0.846. The van der Waals surface area contributed by atoms with Crippen molar-refractivity contribution in [1.29, 1.82) is 0 Å². The van der Waals surface area contributed by atoms with E-state index in [0.29, 0.717) is 0 Å². The van der Waals surface area contributed by atoms with Gasteiger partial charge in [0, 0.05) is 6.54 Å². The molecular weight excluding hydrogens is 214 g/mol. The van der Waals surface area contributed by atoms with Crippen LogP contribution in [0.1, 0.15) is 43.8 Å². The Bertz CT molecular complexity index is 376. The van der Waals surface area contributed by atoms with Crippen molar-refractivity contribution in [2.24, 2.45) is 11.8 Å². The molecule has 3 rings (SSSR count). The van der Waals surface area contributed by atoms with Crippen LogP contribution >= 0.6 is 0 Å². The quantitative estimate of drug-likeness (QED) is 0.789. The first-order valence-corrected chi connectivity index (χ1v) is 6.83. The Morgan fingerprint density at radius 1 is 1.24 bits per heavy atom. The monoisotopic (exact) mass is 235 g/mol. The zero-order valence-electron chi connectivity index (χ0n) is 10.6. The van der Waals surface area contributed by atoms with Crippen LogP contribution in [-0.4, -0.2) is 28.1 Å². The van der Waals surface area contributed by atoms with E-state index < -0.39 is 0 Å². The second kappa shape index (κ2) is 4.77. The smallest absolute Gasteiger partial charge is 0.240 e. The number of aromatic nitrogens is 2. The highest BCUT2D eigenvalue weighted by Crippen LogP contribution is 2.36. The molecule has 2 heterocycles. The molecule has 0 unspecified atom stereocenters. The molecule has 2 aliphatic rings. The summed E-state index contributed by atoms with van der Waals surface area (Å²) in [5, 5.41) is 3.85. The predicted octanol–water partition coefficient (Wildman–Crippen LogP) is 2.39. The number of rotatable bonds is 2. The van der Waals surface area contributed by atoms with Gasteiger partial charge in [-0.3, -0.25) is 4.90 Å². The molecule has 0 amide bonds. The highest BCUT2D eigenvalue weighted by atomic mass is 16.5. The fourth-order valence-electron chi connectivity index (χ4n) is 3.42. The van der Waals surface area contributed by atoms with Crippen molar-refractivity contribution in [3.05, 3.63) is 11.7 Å². The fourth-order valence-corrected chi connectivity index (χ4v) is 3.42. The number of aryl methyl sites for hydroxylation is 1. The van der Waals surface area contributed by atoms with Gasteiger partial charge in [0.25, 0.3) is 0 Å². The molecule has 0 spiro atoms. The lowest BCUT2D eigenvalue weighted by Crippen LogP contribution is -2.41. The molecular formula is C13H21N3O. The maximum atomic E-state index is 5.20. The molecule has 0 bridgehead atoms. The van der Waals surface area contributed by atoms with Gasteiger partial charge < -0.3 is 4.52 Å². The van der Waals surface area contributed by atoms with Crippen molar-refractivity contribution in [1.82, 2.24) is 15.0 Å². The molecule has 2 fully saturated rings. The summed E-state index contributed by atoms with van der Waals surface area (Å²) in [6.45, 7) is 5.14. The second-order valence-electron chi connectivity index (χ2n) is 5.56. The average Bonchev–Trinajstić information content (AvgIpc) is 2.75. The Kier molecular flexibility index (Phi) is 3.14. The van der Waals surface area contributed by atoms with Crippen molar-refractivity contribution in [2.75, 3.05) is 13.1 Å². The third-order valence-electron chi connectivity index (χ3n) is 4.30. The van der Waals surface area contributed by atoms with E-state index in [-0.39, 0.29) is 0 Å². The van der Waals surface area contributed by atoms with Crippen LogP contribution in [0.25, 0.3) is 0 Å². The normalized spacial score (nSPS) is 30.2. The lowest BCUT2D eigenvalue weighted by atomic mass is 9.75. The van der Waals surface area contributed by atoms with E-state index in [4.69, 9.17) is 4.52 Å². The summed E-state index contributed by atoms with van der Waals surface area (Å²) >= 11 is 0. The van der Waals surface area contributed by atoms with Crippen LogP contribution < -0.4 is 0 Å². The Labute approximate surface area is 102 Å². The van der Waals surface area contributed by atoms with Crippen molar-refractivity contribution < 1.29 is 4.52 Å². The minimum atomic E-state index is 0.743. The van der Waals surface area contributed by atoms with Crippen molar-refractivity contribution in [2.45, 2.75) is 45.6 Å². The molecule has 0 N–H and O–H groups in total. The average molecular weight is 235 g/mol. The molecule has 17 heavy (non-hydrogen) atoms. The van der Waals surface area contributed by atoms with Gasteiger partial charge in [0.2, 0.25) is 5.89 Å². The van der Waals surface area contributed by atoms with Gasteiger partial charge in [0.05, 0.1) is 6.54 Å².